The van der Waals surface area contributed by atoms with E-state index in [0.29, 0.717) is 12.8 Å². The van der Waals surface area contributed by atoms with Crippen molar-refractivity contribution in [2.24, 2.45) is 35.3 Å². The van der Waals surface area contributed by atoms with E-state index in [-0.39, 0.29) is 35.1 Å². The first-order valence-corrected chi connectivity index (χ1v) is 14.9. The van der Waals surface area contributed by atoms with Gasteiger partial charge in [-0.15, -0.1) is 0 Å². The molecule has 236 valence electrons. The molecule has 1 aromatic rings. The molecule has 4 aliphatic rings. The van der Waals surface area contributed by atoms with Crippen molar-refractivity contribution in [3.8, 4) is 5.75 Å². The molecule has 5 rings (SSSR count). The molecule has 0 bridgehead atoms. The Hall–Kier alpha value is -3.97. The van der Waals surface area contributed by atoms with Crippen LogP contribution < -0.4 is 11.1 Å². The zero-order valence-electron chi connectivity index (χ0n) is 25.0. The van der Waals surface area contributed by atoms with Crippen LogP contribution >= 0.6 is 0 Å². The summed E-state index contributed by atoms with van der Waals surface area (Å²) in [5.41, 5.74) is 2.47. The predicted molar refractivity (Wildman–Crippen MR) is 152 cm³/mol. The first-order valence-electron chi connectivity index (χ1n) is 14.9. The lowest BCUT2D eigenvalue weighted by molar-refractivity contribution is -0.205. The van der Waals surface area contributed by atoms with Gasteiger partial charge in [0.05, 0.1) is 23.4 Å². The summed E-state index contributed by atoms with van der Waals surface area (Å²) in [5.74, 6) is -15.5. The number of nitrogens with two attached hydrogens (primary N) is 1. The molecule has 13 heteroatoms. The number of nitrogens with zero attached hydrogens (tertiary/aromatic N) is 1. The van der Waals surface area contributed by atoms with Gasteiger partial charge < -0.3 is 26.0 Å². The van der Waals surface area contributed by atoms with E-state index in [0.717, 1.165) is 12.8 Å². The van der Waals surface area contributed by atoms with Crippen LogP contribution in [0.4, 0.5) is 5.69 Å². The summed E-state index contributed by atoms with van der Waals surface area (Å²) in [6.07, 6.45) is 1.53. The third-order valence-corrected chi connectivity index (χ3v) is 9.98. The van der Waals surface area contributed by atoms with Gasteiger partial charge >= 0.3 is 5.97 Å². The average Bonchev–Trinajstić information content (AvgIpc) is 3.50. The van der Waals surface area contributed by atoms with Crippen LogP contribution in [0.25, 0.3) is 0 Å². The van der Waals surface area contributed by atoms with Gasteiger partial charge in [0.25, 0.3) is 0 Å². The molecule has 3 unspecified atom stereocenters. The van der Waals surface area contributed by atoms with E-state index >= 15 is 0 Å². The summed E-state index contributed by atoms with van der Waals surface area (Å²) in [5, 5.41) is 25.8. The molecule has 5 N–H and O–H groups in total. The average molecular weight is 612 g/mol. The number of anilines is 1. The highest BCUT2D eigenvalue weighted by molar-refractivity contribution is 6.32. The fourth-order valence-corrected chi connectivity index (χ4v) is 7.95. The maximum atomic E-state index is 14.3. The van der Waals surface area contributed by atoms with Crippen LogP contribution in [-0.2, 0) is 33.5 Å². The lowest BCUT2D eigenvalue weighted by Crippen LogP contribution is -2.78. The number of phenols is 1. The second kappa shape index (κ2) is 11.2. The van der Waals surface area contributed by atoms with Gasteiger partial charge in [-0.1, -0.05) is 26.7 Å². The summed E-state index contributed by atoms with van der Waals surface area (Å²) < 4.78 is 5.83. The Morgan fingerprint density at radius 3 is 2.30 bits per heavy atom. The van der Waals surface area contributed by atoms with Crippen LogP contribution in [0.2, 0.25) is 0 Å². The number of likely N-dealkylation sites (N-methyl/N-ethyl adjacent to an activating group) is 1. The molecule has 0 spiro atoms. The Bertz CT molecular complexity index is 1480. The van der Waals surface area contributed by atoms with E-state index in [1.54, 1.807) is 6.92 Å². The number of ketones is 4. The number of nitrogens with one attached hydrogen (secondary N) is 1. The maximum absolute atomic E-state index is 14.3. The standard InChI is InChI=1S/C31H37N3O10/c1-5-16(36)44-26-18-12(2)17-14(33-30(42)13-8-6-7-9-13)10-11-15(35)19(17)24(37)20(18)27(39)31(43)22(26)23(34(3)4)25(38)21(28(31)40)29(32)41/h10-13,18,20-23,26,35,43H,5-9H2,1-4H3,(H2,32,41)(H,33,42)/t12-,18+,20?,21?,22+,23?,26-,31-/m0/s1. The maximum Gasteiger partial charge on any atom is 0.305 e. The van der Waals surface area contributed by atoms with Crippen molar-refractivity contribution in [1.82, 2.24) is 4.90 Å². The van der Waals surface area contributed by atoms with Crippen molar-refractivity contribution >= 4 is 46.6 Å². The Labute approximate surface area is 253 Å². The molecule has 0 heterocycles. The number of aromatic hydroxyl groups is 1. The molecule has 0 aromatic heterocycles. The number of esters is 1. The van der Waals surface area contributed by atoms with Crippen LogP contribution in [0.1, 0.15) is 67.8 Å². The summed E-state index contributed by atoms with van der Waals surface area (Å²) in [7, 11) is 2.87. The molecule has 2 amide bonds. The Morgan fingerprint density at radius 2 is 1.73 bits per heavy atom. The number of phenolic OH excluding ortho intramolecular Hbond substituents is 1. The van der Waals surface area contributed by atoms with Gasteiger partial charge in [-0.25, -0.2) is 0 Å². The van der Waals surface area contributed by atoms with Crippen LogP contribution in [-0.4, -0.2) is 87.9 Å². The van der Waals surface area contributed by atoms with Gasteiger partial charge in [-0.2, -0.15) is 0 Å². The molecule has 3 fully saturated rings. The highest BCUT2D eigenvalue weighted by Gasteiger charge is 2.74. The number of carbonyl (C=O) groups excluding carboxylic acids is 7. The molecular formula is C31H37N3O10. The number of Topliss-reactive ketones (excluding diaryl/α,β-unsaturated/α-hetero) is 4. The molecule has 1 aromatic carbocycles. The number of primary amides is 1. The number of rotatable bonds is 6. The van der Waals surface area contributed by atoms with Gasteiger partial charge in [-0.05, 0) is 50.6 Å². The topological polar surface area (TPSA) is 210 Å². The van der Waals surface area contributed by atoms with Gasteiger partial charge in [0.2, 0.25) is 11.8 Å². The molecule has 0 saturated heterocycles. The second-order valence-electron chi connectivity index (χ2n) is 12.6. The Balaban J connectivity index is 1.72. The van der Waals surface area contributed by atoms with E-state index < -0.39 is 88.1 Å². The van der Waals surface area contributed by atoms with Crippen LogP contribution in [0, 0.1) is 29.6 Å². The van der Waals surface area contributed by atoms with Crippen molar-refractivity contribution in [1.29, 1.82) is 0 Å². The number of amides is 2. The predicted octanol–water partition coefficient (Wildman–Crippen LogP) is 0.488. The zero-order valence-corrected chi connectivity index (χ0v) is 25.0. The monoisotopic (exact) mass is 611 g/mol. The summed E-state index contributed by atoms with van der Waals surface area (Å²) in [6, 6.07) is 1.18. The van der Waals surface area contributed by atoms with Crippen molar-refractivity contribution in [3.63, 3.8) is 0 Å². The summed E-state index contributed by atoms with van der Waals surface area (Å²) >= 11 is 0. The normalized spacial score (nSPS) is 33.5. The fraction of sp³-hybridized carbons (Fsp3) is 0.581. The fourth-order valence-electron chi connectivity index (χ4n) is 7.95. The molecule has 3 saturated carbocycles. The van der Waals surface area contributed by atoms with Crippen molar-refractivity contribution in [2.75, 3.05) is 19.4 Å². The number of ether oxygens (including phenoxy) is 1. The molecule has 44 heavy (non-hydrogen) atoms. The highest BCUT2D eigenvalue weighted by atomic mass is 16.5. The van der Waals surface area contributed by atoms with Crippen LogP contribution in [0.5, 0.6) is 5.75 Å². The van der Waals surface area contributed by atoms with Gasteiger partial charge in [0.1, 0.15) is 11.9 Å². The molecule has 13 nitrogen and oxygen atoms in total. The van der Waals surface area contributed by atoms with Crippen molar-refractivity contribution < 1.29 is 48.5 Å². The van der Waals surface area contributed by atoms with Gasteiger partial charge in [0.15, 0.2) is 34.7 Å². The van der Waals surface area contributed by atoms with Gasteiger partial charge in [0, 0.05) is 23.9 Å². The number of carbonyl (C=O) groups is 7. The summed E-state index contributed by atoms with van der Waals surface area (Å²) in [4.78, 5) is 95.5. The largest absolute Gasteiger partial charge is 0.507 e. The third-order valence-electron chi connectivity index (χ3n) is 9.98. The van der Waals surface area contributed by atoms with E-state index in [4.69, 9.17) is 10.5 Å². The molecule has 4 aliphatic carbocycles. The first-order chi connectivity index (χ1) is 20.7. The number of hydrogen-bond donors (Lipinski definition) is 4. The molecular weight excluding hydrogens is 574 g/mol. The Kier molecular flexibility index (Phi) is 8.00. The molecule has 0 aliphatic heterocycles. The zero-order chi connectivity index (χ0) is 32.4. The minimum Gasteiger partial charge on any atom is -0.507 e. The van der Waals surface area contributed by atoms with Gasteiger partial charge in [-0.3, -0.25) is 38.5 Å². The first kappa shape index (κ1) is 31.5. The smallest absolute Gasteiger partial charge is 0.305 e. The van der Waals surface area contributed by atoms with E-state index in [9.17, 15) is 43.8 Å². The SMILES string of the molecule is CCC(=O)O[C@H]1[C@H]2C(C(=O)c3c(O)ccc(NC(=O)C4CCCC4)c3[C@@H]2C)C(=O)[C@]2(O)C(=O)C(C(N)=O)C(=O)C(N(C)C)[C@H]12. The van der Waals surface area contributed by atoms with E-state index in [1.165, 1.54) is 38.1 Å². The van der Waals surface area contributed by atoms with E-state index in [2.05, 4.69) is 5.32 Å². The number of fused-ring (bicyclic) bond motifs is 3. The number of benzene rings is 1. The second-order valence-corrected chi connectivity index (χ2v) is 12.6. The van der Waals surface area contributed by atoms with Crippen LogP contribution in [0.15, 0.2) is 12.1 Å². The minimum absolute atomic E-state index is 0.145. The van der Waals surface area contributed by atoms with Crippen LogP contribution in [0.3, 0.4) is 0 Å². The lowest BCUT2D eigenvalue weighted by atomic mass is 9.49. The lowest BCUT2D eigenvalue weighted by Gasteiger charge is -2.56. The Morgan fingerprint density at radius 1 is 1.09 bits per heavy atom. The quantitative estimate of drug-likeness (QED) is 0.197. The van der Waals surface area contributed by atoms with Crippen molar-refractivity contribution in [2.45, 2.75) is 69.6 Å². The number of aliphatic hydroxyl groups is 1. The van der Waals surface area contributed by atoms with E-state index in [1.807, 2.05) is 0 Å². The van der Waals surface area contributed by atoms with Crippen molar-refractivity contribution in [3.05, 3.63) is 23.3 Å². The third kappa shape index (κ3) is 4.47. The highest BCUT2D eigenvalue weighted by Crippen LogP contribution is 2.56. The summed E-state index contributed by atoms with van der Waals surface area (Å²) in [6.45, 7) is 3.13. The molecule has 8 atom stereocenters. The molecule has 0 radical (unpaired) electrons. The minimum atomic E-state index is -3.10. The number of hydrogen-bond acceptors (Lipinski definition) is 11.